The maximum atomic E-state index is 13.0. The van der Waals surface area contributed by atoms with E-state index in [-0.39, 0.29) is 12.0 Å². The highest BCUT2D eigenvalue weighted by molar-refractivity contribution is 7.99. The number of benzene rings is 1. The van der Waals surface area contributed by atoms with Crippen molar-refractivity contribution in [2.75, 3.05) is 32.8 Å². The quantitative estimate of drug-likeness (QED) is 0.826. The lowest BCUT2D eigenvalue weighted by molar-refractivity contribution is 0.0567. The molecule has 7 heteroatoms. The van der Waals surface area contributed by atoms with Gasteiger partial charge in [-0.15, -0.1) is 0 Å². The molecule has 26 heavy (non-hydrogen) atoms. The zero-order chi connectivity index (χ0) is 18.4. The molecule has 1 aromatic heterocycles. The molecule has 0 bridgehead atoms. The molecule has 1 aromatic carbocycles. The van der Waals surface area contributed by atoms with Crippen molar-refractivity contribution in [2.24, 2.45) is 0 Å². The molecular formula is C19H21N3O3S. The van der Waals surface area contributed by atoms with Crippen molar-refractivity contribution in [3.05, 3.63) is 54.2 Å². The number of carbonyl (C=O) groups excluding carboxylic acids is 2. The average molecular weight is 371 g/mol. The Hall–Kier alpha value is -2.54. The molecule has 2 heterocycles. The third-order valence-electron chi connectivity index (χ3n) is 4.05. The third kappa shape index (κ3) is 4.35. The summed E-state index contributed by atoms with van der Waals surface area (Å²) in [5.74, 6) is -0.0555. The minimum absolute atomic E-state index is 0.0555. The van der Waals surface area contributed by atoms with E-state index < -0.39 is 0 Å². The van der Waals surface area contributed by atoms with Gasteiger partial charge in [0.1, 0.15) is 5.03 Å². The van der Waals surface area contributed by atoms with Crippen LogP contribution in [0.3, 0.4) is 0 Å². The fourth-order valence-electron chi connectivity index (χ4n) is 2.71. The van der Waals surface area contributed by atoms with Gasteiger partial charge in [0.25, 0.3) is 5.91 Å². The van der Waals surface area contributed by atoms with E-state index in [4.69, 9.17) is 4.74 Å². The van der Waals surface area contributed by atoms with Gasteiger partial charge < -0.3 is 14.5 Å². The highest BCUT2D eigenvalue weighted by Crippen LogP contribution is 2.29. The summed E-state index contributed by atoms with van der Waals surface area (Å²) in [4.78, 5) is 33.6. The van der Waals surface area contributed by atoms with Gasteiger partial charge in [0.15, 0.2) is 0 Å². The minimum Gasteiger partial charge on any atom is -0.450 e. The van der Waals surface area contributed by atoms with Gasteiger partial charge in [-0.1, -0.05) is 30.0 Å². The number of rotatable bonds is 4. The van der Waals surface area contributed by atoms with Crippen LogP contribution in [0.1, 0.15) is 17.3 Å². The van der Waals surface area contributed by atoms with Crippen LogP contribution in [0, 0.1) is 0 Å². The molecule has 0 saturated carbocycles. The van der Waals surface area contributed by atoms with Crippen molar-refractivity contribution in [1.82, 2.24) is 14.8 Å². The molecule has 2 amide bonds. The molecule has 0 N–H and O–H groups in total. The largest absolute Gasteiger partial charge is 0.450 e. The number of carbonyl (C=O) groups is 2. The number of ether oxygens (including phenoxy) is 1. The number of piperazine rings is 1. The predicted octanol–water partition coefficient (Wildman–Crippen LogP) is 3.15. The van der Waals surface area contributed by atoms with Gasteiger partial charge in [-0.05, 0) is 31.2 Å². The van der Waals surface area contributed by atoms with Crippen LogP contribution >= 0.6 is 11.8 Å². The van der Waals surface area contributed by atoms with E-state index in [1.165, 1.54) is 11.8 Å². The topological polar surface area (TPSA) is 62.7 Å². The van der Waals surface area contributed by atoms with Gasteiger partial charge in [-0.25, -0.2) is 9.78 Å². The van der Waals surface area contributed by atoms with Gasteiger partial charge in [0.2, 0.25) is 0 Å². The van der Waals surface area contributed by atoms with E-state index in [9.17, 15) is 9.59 Å². The minimum atomic E-state index is -0.318. The van der Waals surface area contributed by atoms with Crippen LogP contribution in [-0.2, 0) is 4.74 Å². The molecule has 2 aromatic rings. The van der Waals surface area contributed by atoms with Crippen molar-refractivity contribution in [2.45, 2.75) is 16.8 Å². The SMILES string of the molecule is CCOC(=O)N1CCN(C(=O)c2cccnc2Sc2ccccc2)CC1. The maximum Gasteiger partial charge on any atom is 0.409 e. The number of hydrogen-bond acceptors (Lipinski definition) is 5. The number of pyridine rings is 1. The Balaban J connectivity index is 1.68. The molecule has 0 atom stereocenters. The molecule has 3 rings (SSSR count). The molecular weight excluding hydrogens is 350 g/mol. The van der Waals surface area contributed by atoms with E-state index in [1.807, 2.05) is 30.3 Å². The second-order valence-electron chi connectivity index (χ2n) is 5.75. The molecule has 6 nitrogen and oxygen atoms in total. The van der Waals surface area contributed by atoms with Crippen molar-refractivity contribution in [3.8, 4) is 0 Å². The fraction of sp³-hybridized carbons (Fsp3) is 0.316. The summed E-state index contributed by atoms with van der Waals surface area (Å²) in [6.45, 7) is 4.07. The van der Waals surface area contributed by atoms with Crippen LogP contribution in [0.25, 0.3) is 0 Å². The summed E-state index contributed by atoms with van der Waals surface area (Å²) in [7, 11) is 0. The Bertz CT molecular complexity index is 762. The summed E-state index contributed by atoms with van der Waals surface area (Å²) in [6, 6.07) is 13.4. The van der Waals surface area contributed by atoms with Gasteiger partial charge in [0, 0.05) is 37.3 Å². The van der Waals surface area contributed by atoms with Gasteiger partial charge in [-0.2, -0.15) is 0 Å². The molecule has 1 saturated heterocycles. The van der Waals surface area contributed by atoms with E-state index in [0.29, 0.717) is 43.4 Å². The summed E-state index contributed by atoms with van der Waals surface area (Å²) in [5.41, 5.74) is 0.589. The average Bonchev–Trinajstić information content (AvgIpc) is 2.69. The van der Waals surface area contributed by atoms with E-state index in [2.05, 4.69) is 4.98 Å². The number of nitrogens with zero attached hydrogens (tertiary/aromatic N) is 3. The van der Waals surface area contributed by atoms with Gasteiger partial charge >= 0.3 is 6.09 Å². The van der Waals surface area contributed by atoms with E-state index >= 15 is 0 Å². The van der Waals surface area contributed by atoms with Crippen LogP contribution in [0.2, 0.25) is 0 Å². The maximum absolute atomic E-state index is 13.0. The highest BCUT2D eigenvalue weighted by Gasteiger charge is 2.27. The summed E-state index contributed by atoms with van der Waals surface area (Å²) >= 11 is 1.48. The normalized spacial score (nSPS) is 14.2. The summed E-state index contributed by atoms with van der Waals surface area (Å²) in [5, 5.41) is 0.691. The van der Waals surface area contributed by atoms with E-state index in [1.54, 1.807) is 35.1 Å². The van der Waals surface area contributed by atoms with Crippen LogP contribution in [0.4, 0.5) is 4.79 Å². The Morgan fingerprint density at radius 1 is 1.04 bits per heavy atom. The fourth-order valence-corrected chi connectivity index (χ4v) is 3.61. The lowest BCUT2D eigenvalue weighted by Crippen LogP contribution is -2.50. The van der Waals surface area contributed by atoms with Crippen LogP contribution in [0.15, 0.2) is 58.6 Å². The molecule has 0 unspecified atom stereocenters. The number of amides is 2. The number of aromatic nitrogens is 1. The third-order valence-corrected chi connectivity index (χ3v) is 5.08. The first kappa shape index (κ1) is 18.3. The van der Waals surface area contributed by atoms with Crippen LogP contribution in [0.5, 0.6) is 0 Å². The van der Waals surface area contributed by atoms with Crippen molar-refractivity contribution >= 4 is 23.8 Å². The summed E-state index contributed by atoms with van der Waals surface area (Å²) < 4.78 is 5.02. The smallest absolute Gasteiger partial charge is 0.409 e. The monoisotopic (exact) mass is 371 g/mol. The lowest BCUT2D eigenvalue weighted by atomic mass is 10.2. The standard InChI is InChI=1S/C19H21N3O3S/c1-2-25-19(24)22-13-11-21(12-14-22)18(23)16-9-6-10-20-17(16)26-15-7-4-3-5-8-15/h3-10H,2,11-14H2,1H3. The Morgan fingerprint density at radius 3 is 2.42 bits per heavy atom. The van der Waals surface area contributed by atoms with Gasteiger partial charge in [-0.3, -0.25) is 4.79 Å². The first-order valence-corrected chi connectivity index (χ1v) is 9.39. The summed E-state index contributed by atoms with van der Waals surface area (Å²) in [6.07, 6.45) is 1.38. The molecule has 0 aliphatic carbocycles. The molecule has 1 fully saturated rings. The first-order chi connectivity index (χ1) is 12.7. The highest BCUT2D eigenvalue weighted by atomic mass is 32.2. The van der Waals surface area contributed by atoms with Crippen molar-refractivity contribution < 1.29 is 14.3 Å². The van der Waals surface area contributed by atoms with Crippen LogP contribution in [-0.4, -0.2) is 59.6 Å². The second-order valence-corrected chi connectivity index (χ2v) is 6.81. The zero-order valence-corrected chi connectivity index (χ0v) is 15.4. The second kappa shape index (κ2) is 8.71. The van der Waals surface area contributed by atoms with Crippen LogP contribution < -0.4 is 0 Å². The Morgan fingerprint density at radius 2 is 1.73 bits per heavy atom. The Labute approximate surface area is 157 Å². The van der Waals surface area contributed by atoms with E-state index in [0.717, 1.165) is 4.90 Å². The Kier molecular flexibility index (Phi) is 6.12. The van der Waals surface area contributed by atoms with Crippen molar-refractivity contribution in [3.63, 3.8) is 0 Å². The molecule has 136 valence electrons. The molecule has 0 spiro atoms. The zero-order valence-electron chi connectivity index (χ0n) is 14.6. The van der Waals surface area contributed by atoms with Crippen molar-refractivity contribution in [1.29, 1.82) is 0 Å². The first-order valence-electron chi connectivity index (χ1n) is 8.58. The molecule has 1 aliphatic rings. The predicted molar refractivity (Wildman–Crippen MR) is 99.3 cm³/mol. The lowest BCUT2D eigenvalue weighted by Gasteiger charge is -2.34. The molecule has 1 aliphatic heterocycles. The number of hydrogen-bond donors (Lipinski definition) is 0. The van der Waals surface area contributed by atoms with Gasteiger partial charge in [0.05, 0.1) is 12.2 Å². The molecule has 0 radical (unpaired) electrons.